The van der Waals surface area contributed by atoms with E-state index < -0.39 is 0 Å². The fraction of sp³-hybridized carbons (Fsp3) is 0.400. The first-order chi connectivity index (χ1) is 13.1. The zero-order valence-electron chi connectivity index (χ0n) is 16.0. The van der Waals surface area contributed by atoms with E-state index >= 15 is 0 Å². The van der Waals surface area contributed by atoms with Gasteiger partial charge >= 0.3 is 0 Å². The first-order valence-corrected chi connectivity index (χ1v) is 9.23. The summed E-state index contributed by atoms with van der Waals surface area (Å²) in [5, 5.41) is 4.35. The van der Waals surface area contributed by atoms with Crippen LogP contribution in [0.2, 0.25) is 0 Å². The van der Waals surface area contributed by atoms with Crippen molar-refractivity contribution in [3.05, 3.63) is 47.9 Å². The summed E-state index contributed by atoms with van der Waals surface area (Å²) in [6.07, 6.45) is 2.75. The van der Waals surface area contributed by atoms with Gasteiger partial charge in [0.05, 0.1) is 6.61 Å². The van der Waals surface area contributed by atoms with Gasteiger partial charge < -0.3 is 9.64 Å². The summed E-state index contributed by atoms with van der Waals surface area (Å²) in [5.41, 5.74) is 2.85. The topological polar surface area (TPSA) is 69.0 Å². The van der Waals surface area contributed by atoms with Crippen molar-refractivity contribution in [2.24, 2.45) is 13.0 Å². The molecule has 0 radical (unpaired) electrons. The second-order valence-electron chi connectivity index (χ2n) is 7.11. The molecule has 140 valence electrons. The number of aromatic nitrogens is 5. The number of hydrogen-bond donors (Lipinski definition) is 0. The molecule has 3 heterocycles. The predicted octanol–water partition coefficient (Wildman–Crippen LogP) is 2.79. The third-order valence-electron chi connectivity index (χ3n) is 4.81. The number of aryl methyl sites for hydroxylation is 3. The van der Waals surface area contributed by atoms with Gasteiger partial charge in [0.15, 0.2) is 5.82 Å². The first-order valence-electron chi connectivity index (χ1n) is 9.23. The van der Waals surface area contributed by atoms with Crippen molar-refractivity contribution in [3.63, 3.8) is 0 Å². The van der Waals surface area contributed by atoms with Crippen LogP contribution in [0.4, 0.5) is 5.95 Å². The van der Waals surface area contributed by atoms with E-state index in [0.29, 0.717) is 18.3 Å². The zero-order chi connectivity index (χ0) is 18.8. The molecule has 1 aliphatic heterocycles. The Balaban J connectivity index is 1.44. The average Bonchev–Trinajstić information content (AvgIpc) is 3.30. The lowest BCUT2D eigenvalue weighted by Gasteiger charge is -2.18. The molecule has 7 heteroatoms. The van der Waals surface area contributed by atoms with Gasteiger partial charge in [-0.1, -0.05) is 18.2 Å². The number of hydrogen-bond acceptors (Lipinski definition) is 6. The molecule has 0 saturated carbocycles. The van der Waals surface area contributed by atoms with Crippen LogP contribution in [0, 0.1) is 19.8 Å². The van der Waals surface area contributed by atoms with Gasteiger partial charge in [0.1, 0.15) is 17.8 Å². The summed E-state index contributed by atoms with van der Waals surface area (Å²) < 4.78 is 7.72. The molecule has 0 N–H and O–H groups in total. The van der Waals surface area contributed by atoms with Crippen LogP contribution in [0.15, 0.2) is 36.7 Å². The number of ether oxygens (including phenoxy) is 1. The maximum Gasteiger partial charge on any atom is 0.226 e. The van der Waals surface area contributed by atoms with Gasteiger partial charge in [-0.2, -0.15) is 0 Å². The molecule has 1 atom stereocenters. The fourth-order valence-corrected chi connectivity index (χ4v) is 3.34. The van der Waals surface area contributed by atoms with Crippen LogP contribution in [0.25, 0.3) is 11.5 Å². The normalized spacial score (nSPS) is 16.7. The molecular weight excluding hydrogens is 340 g/mol. The highest BCUT2D eigenvalue weighted by Gasteiger charge is 2.26. The van der Waals surface area contributed by atoms with Crippen LogP contribution in [-0.4, -0.2) is 44.4 Å². The number of nitrogens with zero attached hydrogens (tertiary/aromatic N) is 6. The van der Waals surface area contributed by atoms with Gasteiger partial charge in [-0.15, -0.1) is 5.10 Å². The largest absolute Gasteiger partial charge is 0.493 e. The minimum Gasteiger partial charge on any atom is -0.493 e. The number of anilines is 1. The Kier molecular flexibility index (Phi) is 4.75. The zero-order valence-corrected chi connectivity index (χ0v) is 16.0. The molecule has 0 amide bonds. The molecular formula is C20H24N6O. The van der Waals surface area contributed by atoms with Gasteiger partial charge in [0, 0.05) is 31.7 Å². The first kappa shape index (κ1) is 17.5. The summed E-state index contributed by atoms with van der Waals surface area (Å²) in [5.74, 6) is 2.80. The molecule has 0 spiro atoms. The SMILES string of the molecule is Cc1cc(-c2ncn(C)n2)nc(N2CCC(COc3ccccc3C)C2)n1. The minimum absolute atomic E-state index is 0.463. The van der Waals surface area contributed by atoms with E-state index in [1.807, 2.05) is 38.2 Å². The van der Waals surface area contributed by atoms with Crippen molar-refractivity contribution >= 4 is 5.95 Å². The Hall–Kier alpha value is -2.96. The number of rotatable bonds is 5. The van der Waals surface area contributed by atoms with Gasteiger partial charge in [-0.3, -0.25) is 4.68 Å². The standard InChI is InChI=1S/C20H24N6O/c1-14-6-4-5-7-18(14)27-12-16-8-9-26(11-16)20-22-15(2)10-17(23-20)19-21-13-25(3)24-19/h4-7,10,13,16H,8-9,11-12H2,1-3H3. The molecule has 0 bridgehead atoms. The third-order valence-corrected chi connectivity index (χ3v) is 4.81. The molecule has 1 aromatic carbocycles. The molecule has 27 heavy (non-hydrogen) atoms. The lowest BCUT2D eigenvalue weighted by atomic mass is 10.1. The van der Waals surface area contributed by atoms with Crippen molar-refractivity contribution in [1.29, 1.82) is 0 Å². The molecule has 1 unspecified atom stereocenters. The smallest absolute Gasteiger partial charge is 0.226 e. The van der Waals surface area contributed by atoms with Gasteiger partial charge in [-0.25, -0.2) is 15.0 Å². The summed E-state index contributed by atoms with van der Waals surface area (Å²) in [6, 6.07) is 10.1. The number of para-hydroxylation sites is 1. The van der Waals surface area contributed by atoms with Gasteiger partial charge in [-0.05, 0) is 38.0 Å². The highest BCUT2D eigenvalue weighted by molar-refractivity contribution is 5.52. The summed E-state index contributed by atoms with van der Waals surface area (Å²) in [6.45, 7) is 6.59. The summed E-state index contributed by atoms with van der Waals surface area (Å²) >= 11 is 0. The number of benzene rings is 1. The van der Waals surface area contributed by atoms with Crippen molar-refractivity contribution < 1.29 is 4.74 Å². The molecule has 2 aromatic heterocycles. The van der Waals surface area contributed by atoms with Crippen LogP contribution in [0.1, 0.15) is 17.7 Å². The Morgan fingerprint density at radius 1 is 1.19 bits per heavy atom. The molecule has 0 aliphatic carbocycles. The van der Waals surface area contributed by atoms with Crippen LogP contribution in [0.5, 0.6) is 5.75 Å². The Bertz CT molecular complexity index is 938. The van der Waals surface area contributed by atoms with Crippen molar-refractivity contribution in [2.45, 2.75) is 20.3 Å². The van der Waals surface area contributed by atoms with E-state index in [9.17, 15) is 0 Å². The maximum absolute atomic E-state index is 6.03. The lowest BCUT2D eigenvalue weighted by molar-refractivity contribution is 0.259. The van der Waals surface area contributed by atoms with Crippen LogP contribution >= 0.6 is 0 Å². The molecule has 1 saturated heterocycles. The molecule has 1 fully saturated rings. The van der Waals surface area contributed by atoms with E-state index in [0.717, 1.165) is 42.6 Å². The second kappa shape index (κ2) is 7.34. The van der Waals surface area contributed by atoms with E-state index in [4.69, 9.17) is 9.72 Å². The van der Waals surface area contributed by atoms with Crippen LogP contribution < -0.4 is 9.64 Å². The quantitative estimate of drug-likeness (QED) is 0.693. The molecule has 1 aliphatic rings. The highest BCUT2D eigenvalue weighted by Crippen LogP contribution is 2.25. The van der Waals surface area contributed by atoms with E-state index in [1.54, 1.807) is 11.0 Å². The van der Waals surface area contributed by atoms with E-state index in [2.05, 4.69) is 33.0 Å². The summed E-state index contributed by atoms with van der Waals surface area (Å²) in [7, 11) is 1.85. The third kappa shape index (κ3) is 3.92. The molecule has 7 nitrogen and oxygen atoms in total. The lowest BCUT2D eigenvalue weighted by Crippen LogP contribution is -2.24. The second-order valence-corrected chi connectivity index (χ2v) is 7.11. The van der Waals surface area contributed by atoms with Crippen LogP contribution in [-0.2, 0) is 7.05 Å². The monoisotopic (exact) mass is 364 g/mol. The Morgan fingerprint density at radius 2 is 2.04 bits per heavy atom. The van der Waals surface area contributed by atoms with Gasteiger partial charge in [0.25, 0.3) is 0 Å². The Labute approximate surface area is 159 Å². The van der Waals surface area contributed by atoms with Crippen LogP contribution in [0.3, 0.4) is 0 Å². The molecule has 3 aromatic rings. The minimum atomic E-state index is 0.463. The van der Waals surface area contributed by atoms with Gasteiger partial charge in [0.2, 0.25) is 5.95 Å². The fourth-order valence-electron chi connectivity index (χ4n) is 3.34. The average molecular weight is 364 g/mol. The molecule has 4 rings (SSSR count). The summed E-state index contributed by atoms with van der Waals surface area (Å²) in [4.78, 5) is 15.9. The van der Waals surface area contributed by atoms with E-state index in [1.165, 1.54) is 5.56 Å². The van der Waals surface area contributed by atoms with Crippen molar-refractivity contribution in [1.82, 2.24) is 24.7 Å². The van der Waals surface area contributed by atoms with E-state index in [-0.39, 0.29) is 0 Å². The highest BCUT2D eigenvalue weighted by atomic mass is 16.5. The Morgan fingerprint density at radius 3 is 2.81 bits per heavy atom. The van der Waals surface area contributed by atoms with Crippen molar-refractivity contribution in [2.75, 3.05) is 24.6 Å². The van der Waals surface area contributed by atoms with Crippen molar-refractivity contribution in [3.8, 4) is 17.3 Å². The predicted molar refractivity (Wildman–Crippen MR) is 104 cm³/mol. The maximum atomic E-state index is 6.03.